The maximum absolute atomic E-state index is 12.1. The maximum atomic E-state index is 12.1. The quantitative estimate of drug-likeness (QED) is 0.660. The number of rotatable bonds is 7. The van der Waals surface area contributed by atoms with Crippen LogP contribution in [0.5, 0.6) is 0 Å². The standard InChI is InChI=1S/C15H26N2O4/c1-3-15(4-2,14(20)21)9-12(18)17-11-7-5-10(6-8-11)13(16)19/h10-11H,3-9H2,1-2H3,(H2,16,19)(H,17,18)(H,20,21). The number of nitrogens with one attached hydrogen (secondary N) is 1. The smallest absolute Gasteiger partial charge is 0.310 e. The van der Waals surface area contributed by atoms with Gasteiger partial charge in [0.2, 0.25) is 11.8 Å². The summed E-state index contributed by atoms with van der Waals surface area (Å²) in [7, 11) is 0. The largest absolute Gasteiger partial charge is 0.481 e. The molecule has 2 amide bonds. The van der Waals surface area contributed by atoms with Gasteiger partial charge in [0.25, 0.3) is 0 Å². The first-order valence-electron chi connectivity index (χ1n) is 7.66. The molecule has 0 aromatic carbocycles. The monoisotopic (exact) mass is 298 g/mol. The molecule has 0 saturated heterocycles. The number of carbonyl (C=O) groups is 3. The lowest BCUT2D eigenvalue weighted by Gasteiger charge is -2.30. The van der Waals surface area contributed by atoms with Crippen LogP contribution in [0.2, 0.25) is 0 Å². The Kier molecular flexibility index (Phi) is 6.18. The fourth-order valence-corrected chi connectivity index (χ4v) is 2.99. The van der Waals surface area contributed by atoms with E-state index in [4.69, 9.17) is 5.73 Å². The summed E-state index contributed by atoms with van der Waals surface area (Å²) >= 11 is 0. The molecule has 21 heavy (non-hydrogen) atoms. The summed E-state index contributed by atoms with van der Waals surface area (Å²) in [4.78, 5) is 34.6. The first-order valence-corrected chi connectivity index (χ1v) is 7.66. The second-order valence-electron chi connectivity index (χ2n) is 5.99. The average molecular weight is 298 g/mol. The van der Waals surface area contributed by atoms with Gasteiger partial charge in [0.05, 0.1) is 5.41 Å². The highest BCUT2D eigenvalue weighted by molar-refractivity contribution is 5.85. The number of primary amides is 1. The SMILES string of the molecule is CCC(CC)(CC(=O)NC1CCC(C(N)=O)CC1)C(=O)O. The number of carboxylic acid groups (broad SMARTS) is 1. The van der Waals surface area contributed by atoms with Gasteiger partial charge in [0, 0.05) is 18.4 Å². The number of aliphatic carboxylic acids is 1. The zero-order chi connectivity index (χ0) is 16.0. The van der Waals surface area contributed by atoms with E-state index in [9.17, 15) is 19.5 Å². The van der Waals surface area contributed by atoms with Crippen molar-refractivity contribution >= 4 is 17.8 Å². The van der Waals surface area contributed by atoms with Crippen molar-refractivity contribution in [3.8, 4) is 0 Å². The van der Waals surface area contributed by atoms with Gasteiger partial charge >= 0.3 is 5.97 Å². The van der Waals surface area contributed by atoms with E-state index < -0.39 is 11.4 Å². The van der Waals surface area contributed by atoms with Gasteiger partial charge in [-0.15, -0.1) is 0 Å². The maximum Gasteiger partial charge on any atom is 0.310 e. The fourth-order valence-electron chi connectivity index (χ4n) is 2.99. The van der Waals surface area contributed by atoms with E-state index in [0.717, 1.165) is 12.8 Å². The lowest BCUT2D eigenvalue weighted by molar-refractivity contribution is -0.152. The molecule has 6 heteroatoms. The van der Waals surface area contributed by atoms with Crippen molar-refractivity contribution in [3.05, 3.63) is 0 Å². The predicted molar refractivity (Wildman–Crippen MR) is 78.4 cm³/mol. The molecule has 0 spiro atoms. The molecule has 0 aromatic rings. The summed E-state index contributed by atoms with van der Waals surface area (Å²) in [5.74, 6) is -1.51. The normalized spacial score (nSPS) is 22.6. The van der Waals surface area contributed by atoms with Crippen LogP contribution in [0, 0.1) is 11.3 Å². The van der Waals surface area contributed by atoms with Gasteiger partial charge in [-0.05, 0) is 38.5 Å². The van der Waals surface area contributed by atoms with Crippen LogP contribution in [0.15, 0.2) is 0 Å². The van der Waals surface area contributed by atoms with Gasteiger partial charge < -0.3 is 16.2 Å². The van der Waals surface area contributed by atoms with Crippen molar-refractivity contribution < 1.29 is 19.5 Å². The molecule has 0 atom stereocenters. The highest BCUT2D eigenvalue weighted by Gasteiger charge is 2.37. The van der Waals surface area contributed by atoms with Gasteiger partial charge in [-0.2, -0.15) is 0 Å². The lowest BCUT2D eigenvalue weighted by Crippen LogP contribution is -2.43. The van der Waals surface area contributed by atoms with E-state index in [-0.39, 0.29) is 30.2 Å². The molecule has 1 rings (SSSR count). The highest BCUT2D eigenvalue weighted by Crippen LogP contribution is 2.31. The summed E-state index contributed by atoms with van der Waals surface area (Å²) in [6, 6.07) is 0.0216. The van der Waals surface area contributed by atoms with Crippen molar-refractivity contribution in [2.24, 2.45) is 17.1 Å². The van der Waals surface area contributed by atoms with Crippen molar-refractivity contribution in [2.75, 3.05) is 0 Å². The van der Waals surface area contributed by atoms with Crippen LogP contribution in [-0.4, -0.2) is 28.9 Å². The van der Waals surface area contributed by atoms with Crippen molar-refractivity contribution in [2.45, 2.75) is 64.8 Å². The minimum absolute atomic E-state index is 0.00504. The molecule has 0 aliphatic heterocycles. The van der Waals surface area contributed by atoms with Crippen LogP contribution in [0.3, 0.4) is 0 Å². The summed E-state index contributed by atoms with van der Waals surface area (Å²) in [5, 5.41) is 12.2. The summed E-state index contributed by atoms with van der Waals surface area (Å²) in [6.07, 6.45) is 3.68. The molecule has 4 N–H and O–H groups in total. The first kappa shape index (κ1) is 17.5. The molecule has 6 nitrogen and oxygen atoms in total. The lowest BCUT2D eigenvalue weighted by atomic mass is 9.78. The number of carbonyl (C=O) groups excluding carboxylic acids is 2. The van der Waals surface area contributed by atoms with Gasteiger partial charge in [-0.1, -0.05) is 13.8 Å². The van der Waals surface area contributed by atoms with Gasteiger partial charge in [0.15, 0.2) is 0 Å². The van der Waals surface area contributed by atoms with Crippen molar-refractivity contribution in [1.29, 1.82) is 0 Å². The predicted octanol–water partition coefficient (Wildman–Crippen LogP) is 1.43. The Bertz CT molecular complexity index is 396. The third-order valence-corrected chi connectivity index (χ3v) is 4.80. The molecular weight excluding hydrogens is 272 g/mol. The molecule has 1 aliphatic rings. The average Bonchev–Trinajstić information content (AvgIpc) is 2.45. The highest BCUT2D eigenvalue weighted by atomic mass is 16.4. The molecule has 0 unspecified atom stereocenters. The molecule has 1 fully saturated rings. The van der Waals surface area contributed by atoms with Crippen LogP contribution < -0.4 is 11.1 Å². The van der Waals surface area contributed by atoms with E-state index in [0.29, 0.717) is 25.7 Å². The number of hydrogen-bond acceptors (Lipinski definition) is 3. The topological polar surface area (TPSA) is 109 Å². The third-order valence-electron chi connectivity index (χ3n) is 4.80. The molecule has 120 valence electrons. The van der Waals surface area contributed by atoms with E-state index >= 15 is 0 Å². The fraction of sp³-hybridized carbons (Fsp3) is 0.800. The Morgan fingerprint density at radius 2 is 1.67 bits per heavy atom. The van der Waals surface area contributed by atoms with E-state index in [1.807, 2.05) is 0 Å². The van der Waals surface area contributed by atoms with Crippen LogP contribution in [0.25, 0.3) is 0 Å². The zero-order valence-electron chi connectivity index (χ0n) is 12.9. The van der Waals surface area contributed by atoms with E-state index in [2.05, 4.69) is 5.32 Å². The number of carboxylic acids is 1. The minimum Gasteiger partial charge on any atom is -0.481 e. The molecule has 1 aliphatic carbocycles. The molecule has 0 bridgehead atoms. The molecular formula is C15H26N2O4. The summed E-state index contributed by atoms with van der Waals surface area (Å²) < 4.78 is 0. The molecule has 0 heterocycles. The number of nitrogens with two attached hydrogens (primary N) is 1. The second kappa shape index (κ2) is 7.43. The third kappa shape index (κ3) is 4.44. The molecule has 0 radical (unpaired) electrons. The number of hydrogen-bond donors (Lipinski definition) is 3. The van der Waals surface area contributed by atoms with Crippen LogP contribution >= 0.6 is 0 Å². The van der Waals surface area contributed by atoms with E-state index in [1.54, 1.807) is 13.8 Å². The van der Waals surface area contributed by atoms with Crippen LogP contribution in [0.4, 0.5) is 0 Å². The first-order chi connectivity index (χ1) is 9.84. The Morgan fingerprint density at radius 3 is 2.05 bits per heavy atom. The second-order valence-corrected chi connectivity index (χ2v) is 5.99. The molecule has 1 saturated carbocycles. The van der Waals surface area contributed by atoms with Crippen LogP contribution in [0.1, 0.15) is 58.8 Å². The Labute approximate surface area is 125 Å². The Balaban J connectivity index is 2.51. The van der Waals surface area contributed by atoms with E-state index in [1.165, 1.54) is 0 Å². The van der Waals surface area contributed by atoms with Crippen molar-refractivity contribution in [3.63, 3.8) is 0 Å². The summed E-state index contributed by atoms with van der Waals surface area (Å²) in [6.45, 7) is 3.59. The van der Waals surface area contributed by atoms with Crippen molar-refractivity contribution in [1.82, 2.24) is 5.32 Å². The zero-order valence-corrected chi connectivity index (χ0v) is 12.9. The molecule has 0 aromatic heterocycles. The Hall–Kier alpha value is -1.59. The van der Waals surface area contributed by atoms with Crippen LogP contribution in [-0.2, 0) is 14.4 Å². The number of amides is 2. The van der Waals surface area contributed by atoms with Gasteiger partial charge in [-0.25, -0.2) is 0 Å². The minimum atomic E-state index is -0.978. The van der Waals surface area contributed by atoms with Gasteiger partial charge in [-0.3, -0.25) is 14.4 Å². The van der Waals surface area contributed by atoms with Gasteiger partial charge in [0.1, 0.15) is 0 Å². The summed E-state index contributed by atoms with van der Waals surface area (Å²) in [5.41, 5.74) is 4.30. The Morgan fingerprint density at radius 1 is 1.14 bits per heavy atom.